The molecule has 2 aromatic heterocycles. The van der Waals surface area contributed by atoms with Crippen molar-refractivity contribution in [2.45, 2.75) is 38.9 Å². The van der Waals surface area contributed by atoms with E-state index >= 15 is 0 Å². The summed E-state index contributed by atoms with van der Waals surface area (Å²) in [6, 6.07) is 39.0. The second kappa shape index (κ2) is 12.3. The van der Waals surface area contributed by atoms with Crippen LogP contribution in [0.25, 0.3) is 66.5 Å². The van der Waals surface area contributed by atoms with Crippen molar-refractivity contribution in [1.29, 1.82) is 10.5 Å². The van der Waals surface area contributed by atoms with E-state index in [4.69, 9.17) is 19.6 Å². The van der Waals surface area contributed by atoms with E-state index in [9.17, 15) is 15.6 Å². The van der Waals surface area contributed by atoms with Gasteiger partial charge in [0.1, 0.15) is 0 Å². The molecule has 7 aromatic rings. The zero-order valence-electron chi connectivity index (χ0n) is 27.6. The Morgan fingerprint density at radius 3 is 1.71 bits per heavy atom. The van der Waals surface area contributed by atoms with E-state index in [2.05, 4.69) is 12.1 Å². The topological polar surface area (TPSA) is 116 Å². The molecule has 235 valence electrons. The van der Waals surface area contributed by atoms with Crippen LogP contribution in [0.2, 0.25) is 0 Å². The van der Waals surface area contributed by atoms with Crippen molar-refractivity contribution in [3.63, 3.8) is 0 Å². The molecule has 0 fully saturated rings. The highest BCUT2D eigenvalue weighted by Crippen LogP contribution is 2.38. The first kappa shape index (κ1) is 31.7. The zero-order valence-corrected chi connectivity index (χ0v) is 27.6. The molecule has 49 heavy (non-hydrogen) atoms. The first-order valence-corrected chi connectivity index (χ1v) is 15.9. The number of hydrogen-bond donors (Lipinski definition) is 1. The minimum absolute atomic E-state index is 0.534. The quantitative estimate of drug-likeness (QED) is 0.140. The Balaban J connectivity index is 1.62. The third-order valence-corrected chi connectivity index (χ3v) is 9.21. The summed E-state index contributed by atoms with van der Waals surface area (Å²) in [6.07, 6.45) is 0. The Morgan fingerprint density at radius 2 is 1.14 bits per heavy atom. The highest BCUT2D eigenvalue weighted by atomic mass is 16.5. The van der Waals surface area contributed by atoms with E-state index in [0.717, 1.165) is 44.1 Å². The monoisotopic (exact) mass is 636 g/mol. The summed E-state index contributed by atoms with van der Waals surface area (Å²) >= 11 is 0. The summed E-state index contributed by atoms with van der Waals surface area (Å²) in [5.41, 5.74) is 6.29. The Bertz CT molecular complexity index is 2460. The van der Waals surface area contributed by atoms with Gasteiger partial charge in [-0.15, -0.1) is 0 Å². The van der Waals surface area contributed by atoms with Crippen molar-refractivity contribution in [2.75, 3.05) is 0 Å². The Hall–Kier alpha value is -5.93. The second-order valence-corrected chi connectivity index (χ2v) is 13.0. The molecule has 8 heteroatoms. The van der Waals surface area contributed by atoms with E-state index in [0.29, 0.717) is 39.0 Å². The van der Waals surface area contributed by atoms with Gasteiger partial charge in [-0.2, -0.15) is 10.5 Å². The van der Waals surface area contributed by atoms with E-state index in [-0.39, 0.29) is 0 Å². The molecule has 2 heterocycles. The van der Waals surface area contributed by atoms with Crippen molar-refractivity contribution < 1.29 is 9.76 Å². The summed E-state index contributed by atoms with van der Waals surface area (Å²) < 4.78 is 6.36. The van der Waals surface area contributed by atoms with Crippen LogP contribution in [0.5, 0.6) is 0 Å². The number of aromatic nitrogens is 3. The fraction of sp³-hybridized carbons (Fsp3) is 0.146. The highest BCUT2D eigenvalue weighted by molar-refractivity contribution is 6.52. The largest absolute Gasteiger partial charge is 0.427 e. The van der Waals surface area contributed by atoms with Gasteiger partial charge >= 0.3 is 7.48 Å². The molecule has 0 aliphatic carbocycles. The molecule has 7 rings (SSSR count). The fourth-order valence-corrected chi connectivity index (χ4v) is 5.73. The molecule has 0 aliphatic rings. The molecule has 7 nitrogen and oxygen atoms in total. The van der Waals surface area contributed by atoms with Gasteiger partial charge in [0.15, 0.2) is 0 Å². The van der Waals surface area contributed by atoms with Crippen molar-refractivity contribution in [3.05, 3.63) is 120 Å². The van der Waals surface area contributed by atoms with E-state index in [1.165, 1.54) is 0 Å². The van der Waals surface area contributed by atoms with E-state index in [1.54, 1.807) is 45.6 Å². The van der Waals surface area contributed by atoms with Crippen LogP contribution in [-0.4, -0.2) is 38.7 Å². The number of fused-ring (bicyclic) bond motifs is 5. The van der Waals surface area contributed by atoms with Gasteiger partial charge in [0.25, 0.3) is 0 Å². The molecular weight excluding hydrogens is 605 g/mol. The summed E-state index contributed by atoms with van der Waals surface area (Å²) in [5, 5.41) is 32.6. The number of para-hydroxylation sites is 1. The van der Waals surface area contributed by atoms with E-state index < -0.39 is 11.2 Å². The lowest BCUT2D eigenvalue weighted by molar-refractivity contribution is -0.0893. The minimum Gasteiger partial charge on any atom is -0.427 e. The van der Waals surface area contributed by atoms with Crippen LogP contribution in [-0.2, 0) is 4.65 Å². The van der Waals surface area contributed by atoms with Gasteiger partial charge in [0.2, 0.25) is 0 Å². The Morgan fingerprint density at radius 1 is 0.612 bits per heavy atom. The average Bonchev–Trinajstić information content (AvgIpc) is 3.12. The first-order chi connectivity index (χ1) is 23.6. The number of rotatable bonds is 7. The third kappa shape index (κ3) is 5.79. The van der Waals surface area contributed by atoms with Crippen LogP contribution in [0.1, 0.15) is 38.8 Å². The van der Waals surface area contributed by atoms with Crippen LogP contribution in [0.4, 0.5) is 0 Å². The van der Waals surface area contributed by atoms with Crippen molar-refractivity contribution in [2.24, 2.45) is 0 Å². The van der Waals surface area contributed by atoms with Crippen LogP contribution < -0.4 is 5.46 Å². The average molecular weight is 637 g/mol. The molecule has 0 spiro atoms. The van der Waals surface area contributed by atoms with Gasteiger partial charge in [-0.05, 0) is 63.5 Å². The van der Waals surface area contributed by atoms with Crippen LogP contribution in [0, 0.1) is 22.7 Å². The summed E-state index contributed by atoms with van der Waals surface area (Å²) in [7, 11) is 1.66. The minimum atomic E-state index is -1.15. The molecule has 1 radical (unpaired) electrons. The van der Waals surface area contributed by atoms with Crippen molar-refractivity contribution in [1.82, 2.24) is 15.0 Å². The van der Waals surface area contributed by atoms with Crippen molar-refractivity contribution in [3.8, 4) is 45.9 Å². The van der Waals surface area contributed by atoms with Crippen molar-refractivity contribution >= 4 is 45.7 Å². The molecule has 0 saturated heterocycles. The molecule has 0 saturated carbocycles. The summed E-state index contributed by atoms with van der Waals surface area (Å²) in [4.78, 5) is 15.9. The highest BCUT2D eigenvalue weighted by Gasteiger charge is 2.36. The molecule has 5 aromatic carbocycles. The van der Waals surface area contributed by atoms with Gasteiger partial charge in [-0.25, -0.2) is 15.0 Å². The van der Waals surface area contributed by atoms with Gasteiger partial charge < -0.3 is 9.76 Å². The fourth-order valence-electron chi connectivity index (χ4n) is 5.73. The molecule has 1 N–H and O–H groups in total. The lowest BCUT2D eigenvalue weighted by atomic mass is 9.80. The Labute approximate surface area is 285 Å². The Kier molecular flexibility index (Phi) is 7.93. The zero-order chi connectivity index (χ0) is 34.3. The lowest BCUT2D eigenvalue weighted by Gasteiger charge is -2.37. The standard InChI is InChI=1S/C41H31BN5O2/c1-40(2,48)41(3,4)49-42-32-22-31-34(30-12-8-9-13-33(30)45-35(31)27-10-6-5-7-11-27)39-38(32)46-36(28-18-14-25(23-43)15-19-28)37(47-39)29-20-16-26(24-44)17-21-29/h5-22,48H,1-4H3. The van der Waals surface area contributed by atoms with Crippen LogP contribution >= 0.6 is 0 Å². The number of pyridine rings is 1. The molecule has 0 unspecified atom stereocenters. The molecule has 0 atom stereocenters. The maximum atomic E-state index is 10.9. The van der Waals surface area contributed by atoms with Gasteiger partial charge in [-0.3, -0.25) is 0 Å². The third-order valence-electron chi connectivity index (χ3n) is 9.21. The van der Waals surface area contributed by atoms with Crippen LogP contribution in [0.15, 0.2) is 109 Å². The number of hydrogen-bond acceptors (Lipinski definition) is 7. The molecule has 0 amide bonds. The summed E-state index contributed by atoms with van der Waals surface area (Å²) in [6.45, 7) is 7.12. The predicted octanol–water partition coefficient (Wildman–Crippen LogP) is 7.89. The molecule has 0 aliphatic heterocycles. The predicted molar refractivity (Wildman–Crippen MR) is 195 cm³/mol. The lowest BCUT2D eigenvalue weighted by Crippen LogP contribution is -2.49. The maximum Gasteiger partial charge on any atom is 0.333 e. The SMILES string of the molecule is CC(C)(O)C(C)(C)O[B]c1cc2c(-c3ccccc3)nc3ccccc3c2c2nc(-c3ccc(C#N)cc3)c(-c3ccc(C#N)cc3)nc12. The summed E-state index contributed by atoms with van der Waals surface area (Å²) in [5.74, 6) is 0. The smallest absolute Gasteiger partial charge is 0.333 e. The normalized spacial score (nSPS) is 11.8. The van der Waals surface area contributed by atoms with Gasteiger partial charge in [0.05, 0.1) is 68.1 Å². The van der Waals surface area contributed by atoms with Crippen LogP contribution in [0.3, 0.4) is 0 Å². The number of nitrogens with zero attached hydrogens (tertiary/aromatic N) is 5. The molecular formula is C41H31BN5O2. The number of benzene rings is 5. The second-order valence-electron chi connectivity index (χ2n) is 13.0. The molecule has 0 bridgehead atoms. The maximum absolute atomic E-state index is 10.9. The number of aliphatic hydroxyl groups is 1. The van der Waals surface area contributed by atoms with E-state index in [1.807, 2.05) is 98.8 Å². The van der Waals surface area contributed by atoms with Gasteiger partial charge in [-0.1, -0.05) is 78.9 Å². The first-order valence-electron chi connectivity index (χ1n) is 15.9. The van der Waals surface area contributed by atoms with Gasteiger partial charge in [0, 0.05) is 32.8 Å². The number of nitriles is 2.